The maximum Gasteiger partial charge on any atom is 0.359 e. The number of hydrogen-bond donors (Lipinski definition) is 2. The van der Waals surface area contributed by atoms with E-state index < -0.39 is 51.6 Å². The number of sulfone groups is 2. The number of hydrogen-bond acceptors (Lipinski definition) is 10. The lowest BCUT2D eigenvalue weighted by molar-refractivity contribution is 0.442. The van der Waals surface area contributed by atoms with Crippen LogP contribution in [0.15, 0.2) is 76.7 Å². The van der Waals surface area contributed by atoms with Crippen molar-refractivity contribution in [3.8, 4) is 11.5 Å². The fourth-order valence-electron chi connectivity index (χ4n) is 3.02. The number of phenols is 1. The Kier molecular flexibility index (Phi) is 4.63. The molecule has 0 fully saturated rings. The Bertz CT molecular complexity index is 1690. The first-order valence-corrected chi connectivity index (χ1v) is 11.8. The standard InChI is InChI=1S/C19H12O10S2/c20-11-6-5-10-7-15(18(22)29-14(10)8-11)30(24,25)9-31(26,27)17-16(21)12-3-1-2-4-13(12)28-19(17)23/h1-8,20-21H,9H2. The summed E-state index contributed by atoms with van der Waals surface area (Å²) in [7, 11) is -9.79. The molecule has 0 spiro atoms. The van der Waals surface area contributed by atoms with Crippen molar-refractivity contribution in [3.05, 3.63) is 69.4 Å². The molecule has 2 N–H and O–H groups in total. The van der Waals surface area contributed by atoms with E-state index in [-0.39, 0.29) is 27.7 Å². The summed E-state index contributed by atoms with van der Waals surface area (Å²) in [4.78, 5) is 22.2. The molecule has 2 heterocycles. The zero-order valence-electron chi connectivity index (χ0n) is 15.3. The minimum Gasteiger partial charge on any atom is -0.508 e. The molecule has 0 aliphatic carbocycles. The van der Waals surface area contributed by atoms with Gasteiger partial charge in [0.25, 0.3) is 0 Å². The average molecular weight is 464 g/mol. The first kappa shape index (κ1) is 20.6. The van der Waals surface area contributed by atoms with Gasteiger partial charge in [-0.15, -0.1) is 0 Å². The number of phenolic OH excluding ortho intramolecular Hbond substituents is 1. The van der Waals surface area contributed by atoms with Gasteiger partial charge in [-0.05, 0) is 30.3 Å². The Labute approximate surface area is 173 Å². The first-order valence-electron chi connectivity index (χ1n) is 8.47. The molecule has 0 amide bonds. The van der Waals surface area contributed by atoms with Gasteiger partial charge < -0.3 is 19.0 Å². The second-order valence-electron chi connectivity index (χ2n) is 6.53. The molecule has 4 aromatic rings. The Hall–Kier alpha value is -3.64. The smallest absolute Gasteiger partial charge is 0.359 e. The summed E-state index contributed by atoms with van der Waals surface area (Å²) >= 11 is 0. The lowest BCUT2D eigenvalue weighted by Crippen LogP contribution is -2.25. The second-order valence-corrected chi connectivity index (χ2v) is 10.8. The number of rotatable bonds is 4. The summed E-state index contributed by atoms with van der Waals surface area (Å²) in [5.74, 6) is -1.18. The average Bonchev–Trinajstić information content (AvgIpc) is 2.66. The molecule has 0 atom stereocenters. The van der Waals surface area contributed by atoms with Gasteiger partial charge in [-0.25, -0.2) is 26.4 Å². The topological polar surface area (TPSA) is 169 Å². The maximum absolute atomic E-state index is 12.8. The molecule has 0 saturated carbocycles. The molecule has 0 radical (unpaired) electrons. The van der Waals surface area contributed by atoms with Crippen molar-refractivity contribution in [3.63, 3.8) is 0 Å². The van der Waals surface area contributed by atoms with Crippen LogP contribution in [0.2, 0.25) is 0 Å². The first-order chi connectivity index (χ1) is 14.5. The van der Waals surface area contributed by atoms with E-state index in [0.29, 0.717) is 0 Å². The predicted octanol–water partition coefficient (Wildman–Crippen LogP) is 1.52. The van der Waals surface area contributed by atoms with Gasteiger partial charge in [-0.2, -0.15) is 0 Å². The normalized spacial score (nSPS) is 12.4. The fraction of sp³-hybridized carbons (Fsp3) is 0.0526. The number of aromatic hydroxyl groups is 2. The molecular formula is C19H12O10S2. The molecule has 12 heteroatoms. The molecule has 0 bridgehead atoms. The van der Waals surface area contributed by atoms with E-state index in [0.717, 1.165) is 12.1 Å². The van der Waals surface area contributed by atoms with Crippen molar-refractivity contribution >= 4 is 41.6 Å². The lowest BCUT2D eigenvalue weighted by Gasteiger charge is -2.08. The van der Waals surface area contributed by atoms with Gasteiger partial charge >= 0.3 is 11.3 Å². The highest BCUT2D eigenvalue weighted by atomic mass is 32.3. The molecule has 160 valence electrons. The highest BCUT2D eigenvalue weighted by Crippen LogP contribution is 2.30. The van der Waals surface area contributed by atoms with Gasteiger partial charge in [-0.3, -0.25) is 0 Å². The minimum atomic E-state index is -4.96. The number of benzene rings is 2. The SMILES string of the molecule is O=c1oc2cc(O)ccc2cc1S(=O)(=O)CS(=O)(=O)c1c(O)c2ccccc2oc1=O. The zero-order valence-corrected chi connectivity index (χ0v) is 16.9. The van der Waals surface area contributed by atoms with Gasteiger partial charge in [0.2, 0.25) is 9.84 Å². The zero-order chi connectivity index (χ0) is 22.6. The maximum atomic E-state index is 12.8. The number of fused-ring (bicyclic) bond motifs is 2. The van der Waals surface area contributed by atoms with Crippen LogP contribution in [0.25, 0.3) is 21.9 Å². The van der Waals surface area contributed by atoms with Crippen LogP contribution < -0.4 is 11.3 Å². The molecular weight excluding hydrogens is 452 g/mol. The van der Waals surface area contributed by atoms with Gasteiger partial charge in [0.1, 0.15) is 16.9 Å². The van der Waals surface area contributed by atoms with Gasteiger partial charge in [0.15, 0.2) is 30.5 Å². The molecule has 0 aliphatic rings. The highest BCUT2D eigenvalue weighted by molar-refractivity contribution is 8.08. The van der Waals surface area contributed by atoms with E-state index in [9.17, 15) is 36.6 Å². The van der Waals surface area contributed by atoms with Crippen LogP contribution in [0.3, 0.4) is 0 Å². The van der Waals surface area contributed by atoms with E-state index in [1.165, 1.54) is 36.4 Å². The summed E-state index contributed by atoms with van der Waals surface area (Å²) in [5, 5.41) is 18.1. The fourth-order valence-corrected chi connectivity index (χ4v) is 6.93. The van der Waals surface area contributed by atoms with Crippen molar-refractivity contribution in [2.45, 2.75) is 9.79 Å². The summed E-state index contributed by atoms with van der Waals surface area (Å²) in [6, 6.07) is 10.0. The largest absolute Gasteiger partial charge is 0.508 e. The van der Waals surface area contributed by atoms with Crippen molar-refractivity contribution < 1.29 is 35.9 Å². The minimum absolute atomic E-state index is 0.0924. The van der Waals surface area contributed by atoms with Crippen LogP contribution in [0.1, 0.15) is 0 Å². The lowest BCUT2D eigenvalue weighted by atomic mass is 10.2. The van der Waals surface area contributed by atoms with E-state index in [2.05, 4.69) is 0 Å². The van der Waals surface area contributed by atoms with Crippen LogP contribution in [0, 0.1) is 0 Å². The van der Waals surface area contributed by atoms with Gasteiger partial charge in [-0.1, -0.05) is 12.1 Å². The summed E-state index contributed by atoms with van der Waals surface area (Å²) in [6.07, 6.45) is 0. The van der Waals surface area contributed by atoms with Crippen LogP contribution in [-0.2, 0) is 19.7 Å². The third kappa shape index (κ3) is 3.55. The Morgan fingerprint density at radius 1 is 0.774 bits per heavy atom. The van der Waals surface area contributed by atoms with Crippen LogP contribution in [0.5, 0.6) is 11.5 Å². The predicted molar refractivity (Wildman–Crippen MR) is 108 cm³/mol. The van der Waals surface area contributed by atoms with Gasteiger partial charge in [0.05, 0.1) is 5.39 Å². The Morgan fingerprint density at radius 3 is 2.19 bits per heavy atom. The third-order valence-corrected chi connectivity index (χ3v) is 8.81. The van der Waals surface area contributed by atoms with E-state index in [4.69, 9.17) is 8.83 Å². The van der Waals surface area contributed by atoms with Crippen molar-refractivity contribution in [2.75, 3.05) is 5.08 Å². The summed E-state index contributed by atoms with van der Waals surface area (Å²) in [5.41, 5.74) is -3.01. The molecule has 10 nitrogen and oxygen atoms in total. The Balaban J connectivity index is 1.85. The molecule has 0 aliphatic heterocycles. The van der Waals surface area contributed by atoms with Crippen molar-refractivity contribution in [1.82, 2.24) is 0 Å². The molecule has 4 rings (SSSR count). The van der Waals surface area contributed by atoms with Crippen molar-refractivity contribution in [2.24, 2.45) is 0 Å². The van der Waals surface area contributed by atoms with Crippen LogP contribution in [-0.4, -0.2) is 32.1 Å². The van der Waals surface area contributed by atoms with E-state index in [1.54, 1.807) is 0 Å². The highest BCUT2D eigenvalue weighted by Gasteiger charge is 2.34. The Morgan fingerprint density at radius 2 is 1.45 bits per heavy atom. The number of para-hydroxylation sites is 1. The molecule has 31 heavy (non-hydrogen) atoms. The van der Waals surface area contributed by atoms with E-state index in [1.807, 2.05) is 0 Å². The summed E-state index contributed by atoms with van der Waals surface area (Å²) in [6.45, 7) is 0. The molecule has 0 unspecified atom stereocenters. The van der Waals surface area contributed by atoms with Crippen LogP contribution in [0.4, 0.5) is 0 Å². The quantitative estimate of drug-likeness (QED) is 0.422. The summed E-state index contributed by atoms with van der Waals surface area (Å²) < 4.78 is 60.7. The second kappa shape index (κ2) is 6.96. The molecule has 2 aromatic carbocycles. The van der Waals surface area contributed by atoms with Crippen molar-refractivity contribution in [1.29, 1.82) is 0 Å². The molecule has 2 aromatic heterocycles. The molecule has 0 saturated heterocycles. The van der Waals surface area contributed by atoms with Crippen LogP contribution >= 0.6 is 0 Å². The van der Waals surface area contributed by atoms with E-state index >= 15 is 0 Å². The third-order valence-electron chi connectivity index (χ3n) is 4.39. The van der Waals surface area contributed by atoms with Gasteiger partial charge in [0, 0.05) is 11.5 Å². The monoisotopic (exact) mass is 464 g/mol.